The van der Waals surface area contributed by atoms with Crippen molar-refractivity contribution in [1.82, 2.24) is 0 Å². The SMILES string of the molecule is CO[Si](OC)c1cccc(C=Cc2ccccc2)c1. The van der Waals surface area contributed by atoms with Gasteiger partial charge in [0, 0.05) is 14.2 Å². The molecule has 0 aliphatic carbocycles. The van der Waals surface area contributed by atoms with E-state index in [0.29, 0.717) is 0 Å². The molecule has 2 rings (SSSR count). The van der Waals surface area contributed by atoms with Crippen LogP contribution < -0.4 is 5.19 Å². The van der Waals surface area contributed by atoms with Crippen molar-refractivity contribution in [2.45, 2.75) is 0 Å². The van der Waals surface area contributed by atoms with E-state index in [4.69, 9.17) is 8.85 Å². The second-order valence-electron chi connectivity index (χ2n) is 4.07. The summed E-state index contributed by atoms with van der Waals surface area (Å²) < 4.78 is 10.7. The lowest BCUT2D eigenvalue weighted by Gasteiger charge is -2.09. The smallest absolute Gasteiger partial charge is 0.393 e. The van der Waals surface area contributed by atoms with Crippen LogP contribution in [-0.4, -0.2) is 23.5 Å². The summed E-state index contributed by atoms with van der Waals surface area (Å²) in [5.41, 5.74) is 2.34. The summed E-state index contributed by atoms with van der Waals surface area (Å²) in [5, 5.41) is 1.12. The van der Waals surface area contributed by atoms with Crippen molar-refractivity contribution < 1.29 is 8.85 Å². The van der Waals surface area contributed by atoms with Gasteiger partial charge in [-0.25, -0.2) is 0 Å². The van der Waals surface area contributed by atoms with E-state index < -0.39 is 9.28 Å². The van der Waals surface area contributed by atoms with Crippen LogP contribution in [0, 0.1) is 0 Å². The Bertz CT molecular complexity index is 533. The molecule has 0 bridgehead atoms. The standard InChI is InChI=1S/C16H17O2Si/c1-17-19(18-2)16-10-6-9-15(13-16)12-11-14-7-4-3-5-8-14/h3-13H,1-2H3. The molecule has 0 saturated heterocycles. The van der Waals surface area contributed by atoms with Crippen molar-refractivity contribution in [2.75, 3.05) is 14.2 Å². The van der Waals surface area contributed by atoms with E-state index >= 15 is 0 Å². The summed E-state index contributed by atoms with van der Waals surface area (Å²) in [4.78, 5) is 0. The summed E-state index contributed by atoms with van der Waals surface area (Å²) >= 11 is 0. The van der Waals surface area contributed by atoms with E-state index in [9.17, 15) is 0 Å². The van der Waals surface area contributed by atoms with Gasteiger partial charge in [0.1, 0.15) is 0 Å². The van der Waals surface area contributed by atoms with Gasteiger partial charge in [0.2, 0.25) is 0 Å². The fourth-order valence-corrected chi connectivity index (χ4v) is 3.00. The Morgan fingerprint density at radius 1 is 0.789 bits per heavy atom. The maximum absolute atomic E-state index is 5.36. The molecule has 0 aliphatic heterocycles. The highest BCUT2D eigenvalue weighted by atomic mass is 28.3. The van der Waals surface area contributed by atoms with E-state index in [-0.39, 0.29) is 0 Å². The lowest BCUT2D eigenvalue weighted by molar-refractivity contribution is 0.292. The van der Waals surface area contributed by atoms with E-state index in [2.05, 4.69) is 36.4 Å². The minimum atomic E-state index is -1.34. The monoisotopic (exact) mass is 269 g/mol. The Morgan fingerprint density at radius 2 is 1.42 bits per heavy atom. The van der Waals surface area contributed by atoms with Crippen LogP contribution >= 0.6 is 0 Å². The molecule has 0 saturated carbocycles. The highest BCUT2D eigenvalue weighted by Crippen LogP contribution is 2.07. The third-order valence-electron chi connectivity index (χ3n) is 2.76. The maximum atomic E-state index is 5.36. The predicted molar refractivity (Wildman–Crippen MR) is 81.2 cm³/mol. The lowest BCUT2D eigenvalue weighted by atomic mass is 10.1. The zero-order chi connectivity index (χ0) is 13.5. The van der Waals surface area contributed by atoms with Gasteiger partial charge in [-0.3, -0.25) is 0 Å². The highest BCUT2D eigenvalue weighted by Gasteiger charge is 2.15. The van der Waals surface area contributed by atoms with Crippen LogP contribution in [0.1, 0.15) is 11.1 Å². The summed E-state index contributed by atoms with van der Waals surface area (Å²) in [6.45, 7) is 0. The van der Waals surface area contributed by atoms with E-state index in [1.165, 1.54) is 5.56 Å². The Balaban J connectivity index is 2.17. The molecule has 0 atom stereocenters. The largest absolute Gasteiger partial charge is 0.423 e. The second kappa shape index (κ2) is 7.04. The fourth-order valence-electron chi connectivity index (χ4n) is 1.84. The van der Waals surface area contributed by atoms with Crippen molar-refractivity contribution in [3.05, 3.63) is 65.7 Å². The van der Waals surface area contributed by atoms with Crippen molar-refractivity contribution in [3.8, 4) is 0 Å². The average Bonchev–Trinajstić information content (AvgIpc) is 2.48. The van der Waals surface area contributed by atoms with Gasteiger partial charge in [0.25, 0.3) is 0 Å². The van der Waals surface area contributed by atoms with E-state index in [1.54, 1.807) is 14.2 Å². The van der Waals surface area contributed by atoms with Crippen LogP contribution in [-0.2, 0) is 8.85 Å². The molecule has 0 fully saturated rings. The first kappa shape index (κ1) is 13.7. The average molecular weight is 269 g/mol. The lowest BCUT2D eigenvalue weighted by Crippen LogP contribution is -2.34. The molecule has 0 N–H and O–H groups in total. The quantitative estimate of drug-likeness (QED) is 0.614. The first-order valence-corrected chi connectivity index (χ1v) is 7.43. The first-order chi connectivity index (χ1) is 9.33. The number of benzene rings is 2. The molecule has 0 aromatic heterocycles. The van der Waals surface area contributed by atoms with Crippen LogP contribution in [0.2, 0.25) is 0 Å². The summed E-state index contributed by atoms with van der Waals surface area (Å²) in [7, 11) is 2.03. The van der Waals surface area contributed by atoms with Crippen molar-refractivity contribution >= 4 is 26.6 Å². The van der Waals surface area contributed by atoms with Gasteiger partial charge >= 0.3 is 9.28 Å². The molecule has 0 amide bonds. The first-order valence-electron chi connectivity index (χ1n) is 6.12. The molecular formula is C16H17O2Si. The fraction of sp³-hybridized carbons (Fsp3) is 0.125. The Hall–Kier alpha value is -1.68. The minimum Gasteiger partial charge on any atom is -0.393 e. The summed E-state index contributed by atoms with van der Waals surface area (Å²) in [5.74, 6) is 0. The third-order valence-corrected chi connectivity index (χ3v) is 4.28. The normalized spacial score (nSPS) is 11.3. The van der Waals surface area contributed by atoms with Gasteiger partial charge in [-0.2, -0.15) is 0 Å². The van der Waals surface area contributed by atoms with Crippen LogP contribution in [0.15, 0.2) is 54.6 Å². The van der Waals surface area contributed by atoms with Crippen molar-refractivity contribution in [1.29, 1.82) is 0 Å². The molecule has 0 spiro atoms. The highest BCUT2D eigenvalue weighted by molar-refractivity contribution is 6.61. The van der Waals surface area contributed by atoms with Gasteiger partial charge in [-0.1, -0.05) is 66.7 Å². The van der Waals surface area contributed by atoms with Gasteiger partial charge < -0.3 is 8.85 Å². The molecule has 0 unspecified atom stereocenters. The summed E-state index contributed by atoms with van der Waals surface area (Å²) in [6.07, 6.45) is 4.20. The zero-order valence-electron chi connectivity index (χ0n) is 11.2. The maximum Gasteiger partial charge on any atom is 0.423 e. The molecule has 2 aromatic carbocycles. The molecule has 97 valence electrons. The Morgan fingerprint density at radius 3 is 2.11 bits per heavy atom. The van der Waals surface area contributed by atoms with Crippen molar-refractivity contribution in [2.24, 2.45) is 0 Å². The molecule has 19 heavy (non-hydrogen) atoms. The zero-order valence-corrected chi connectivity index (χ0v) is 12.2. The van der Waals surface area contributed by atoms with Crippen molar-refractivity contribution in [3.63, 3.8) is 0 Å². The summed E-state index contributed by atoms with van der Waals surface area (Å²) in [6, 6.07) is 18.5. The van der Waals surface area contributed by atoms with Crippen LogP contribution in [0.4, 0.5) is 0 Å². The second-order valence-corrected chi connectivity index (χ2v) is 6.03. The molecule has 1 radical (unpaired) electrons. The van der Waals surface area contributed by atoms with Crippen LogP contribution in [0.5, 0.6) is 0 Å². The molecular weight excluding hydrogens is 252 g/mol. The molecule has 2 aromatic rings. The molecule has 0 aliphatic rings. The number of hydrogen-bond acceptors (Lipinski definition) is 2. The number of rotatable bonds is 5. The van der Waals surface area contributed by atoms with Gasteiger partial charge in [-0.05, 0) is 16.3 Å². The molecule has 3 heteroatoms. The van der Waals surface area contributed by atoms with E-state index in [1.807, 2.05) is 30.3 Å². The van der Waals surface area contributed by atoms with E-state index in [0.717, 1.165) is 10.8 Å². The Kier molecular flexibility index (Phi) is 5.09. The predicted octanol–water partition coefficient (Wildman–Crippen LogP) is 2.85. The Labute approximate surface area is 116 Å². The van der Waals surface area contributed by atoms with Gasteiger partial charge in [0.05, 0.1) is 0 Å². The number of hydrogen-bond donors (Lipinski definition) is 0. The minimum absolute atomic E-state index is 1.12. The third kappa shape index (κ3) is 3.89. The van der Waals surface area contributed by atoms with Crippen LogP contribution in [0.3, 0.4) is 0 Å². The topological polar surface area (TPSA) is 18.5 Å². The molecule has 0 heterocycles. The van der Waals surface area contributed by atoms with Crippen LogP contribution in [0.25, 0.3) is 12.2 Å². The van der Waals surface area contributed by atoms with Gasteiger partial charge in [0.15, 0.2) is 0 Å². The molecule has 2 nitrogen and oxygen atoms in total. The van der Waals surface area contributed by atoms with Gasteiger partial charge in [-0.15, -0.1) is 0 Å².